The molecule has 0 unspecified atom stereocenters. The number of hydrogen-bond acceptors (Lipinski definition) is 4. The van der Waals surface area contributed by atoms with Gasteiger partial charge in [0.15, 0.2) is 6.29 Å². The molecule has 14 heavy (non-hydrogen) atoms. The number of nitrogens with zero attached hydrogens (tertiary/aromatic N) is 2. The number of aldehydes is 1. The van der Waals surface area contributed by atoms with Gasteiger partial charge in [0.2, 0.25) is 5.95 Å². The molecule has 0 aliphatic rings. The average molecular weight is 252 g/mol. The Kier molecular flexibility index (Phi) is 2.17. The number of carbonyl (C=O) groups excluding carboxylic acids is 1. The zero-order valence-corrected chi connectivity index (χ0v) is 8.65. The number of nitrogen functional groups attached to an aromatic ring is 1. The van der Waals surface area contributed by atoms with Crippen molar-refractivity contribution in [3.05, 3.63) is 28.4 Å². The Morgan fingerprint density at radius 2 is 2.14 bits per heavy atom. The number of rotatable bonds is 1. The number of benzene rings is 1. The Labute approximate surface area is 88.3 Å². The summed E-state index contributed by atoms with van der Waals surface area (Å²) in [4.78, 5) is 18.6. The molecular formula is C9H6BrN3O. The molecule has 0 radical (unpaired) electrons. The fourth-order valence-electron chi connectivity index (χ4n) is 1.25. The number of carbonyl (C=O) groups is 1. The molecule has 1 aromatic heterocycles. The Hall–Kier alpha value is -1.49. The van der Waals surface area contributed by atoms with Crippen LogP contribution in [-0.4, -0.2) is 16.3 Å². The van der Waals surface area contributed by atoms with Gasteiger partial charge in [-0.15, -0.1) is 0 Å². The van der Waals surface area contributed by atoms with Gasteiger partial charge in [0.1, 0.15) is 5.69 Å². The fraction of sp³-hybridized carbons (Fsp3) is 0. The Bertz CT molecular complexity index is 513. The SMILES string of the molecule is Nc1nc(C=O)c2cccc(Br)c2n1. The molecule has 2 rings (SSSR count). The molecule has 0 saturated heterocycles. The topological polar surface area (TPSA) is 68.9 Å². The number of aromatic nitrogens is 2. The third-order valence-corrected chi connectivity index (χ3v) is 2.48. The number of nitrogens with two attached hydrogens (primary N) is 1. The minimum atomic E-state index is 0.103. The van der Waals surface area contributed by atoms with Crippen LogP contribution in [-0.2, 0) is 0 Å². The van der Waals surface area contributed by atoms with Crippen LogP contribution in [0.1, 0.15) is 10.5 Å². The van der Waals surface area contributed by atoms with Crippen molar-refractivity contribution < 1.29 is 4.79 Å². The number of para-hydroxylation sites is 1. The van der Waals surface area contributed by atoms with Gasteiger partial charge in [-0.05, 0) is 22.0 Å². The number of halogens is 1. The van der Waals surface area contributed by atoms with Crippen molar-refractivity contribution in [1.29, 1.82) is 0 Å². The van der Waals surface area contributed by atoms with Crippen LogP contribution in [0.25, 0.3) is 10.9 Å². The van der Waals surface area contributed by atoms with Gasteiger partial charge >= 0.3 is 0 Å². The summed E-state index contributed by atoms with van der Waals surface area (Å²) in [5.74, 6) is 0.103. The van der Waals surface area contributed by atoms with E-state index in [0.717, 1.165) is 4.47 Å². The van der Waals surface area contributed by atoms with Crippen LogP contribution in [0.3, 0.4) is 0 Å². The first-order valence-corrected chi connectivity index (χ1v) is 4.68. The minimum absolute atomic E-state index is 0.103. The maximum Gasteiger partial charge on any atom is 0.221 e. The van der Waals surface area contributed by atoms with Gasteiger partial charge in [-0.3, -0.25) is 4.79 Å². The smallest absolute Gasteiger partial charge is 0.221 e. The molecule has 4 nitrogen and oxygen atoms in total. The van der Waals surface area contributed by atoms with Gasteiger partial charge in [0, 0.05) is 9.86 Å². The molecule has 70 valence electrons. The molecule has 2 N–H and O–H groups in total. The lowest BCUT2D eigenvalue weighted by molar-refractivity contribution is 0.112. The first kappa shape index (κ1) is 9.08. The van der Waals surface area contributed by atoms with E-state index in [1.54, 1.807) is 6.07 Å². The van der Waals surface area contributed by atoms with E-state index in [9.17, 15) is 4.79 Å². The third-order valence-electron chi connectivity index (χ3n) is 1.84. The molecule has 0 amide bonds. The van der Waals surface area contributed by atoms with Gasteiger partial charge in [-0.1, -0.05) is 12.1 Å². The van der Waals surface area contributed by atoms with Crippen molar-refractivity contribution in [1.82, 2.24) is 9.97 Å². The summed E-state index contributed by atoms with van der Waals surface area (Å²) >= 11 is 3.33. The van der Waals surface area contributed by atoms with E-state index >= 15 is 0 Å². The lowest BCUT2D eigenvalue weighted by atomic mass is 10.2. The molecule has 2 aromatic rings. The summed E-state index contributed by atoms with van der Waals surface area (Å²) in [5, 5.41) is 0.698. The lowest BCUT2D eigenvalue weighted by Gasteiger charge is -2.02. The molecule has 0 saturated carbocycles. The quantitative estimate of drug-likeness (QED) is 0.785. The normalized spacial score (nSPS) is 10.4. The molecule has 5 heteroatoms. The molecule has 1 heterocycles. The van der Waals surface area contributed by atoms with E-state index in [-0.39, 0.29) is 5.95 Å². The number of anilines is 1. The monoisotopic (exact) mass is 251 g/mol. The fourth-order valence-corrected chi connectivity index (χ4v) is 1.70. The zero-order valence-electron chi connectivity index (χ0n) is 7.07. The highest BCUT2D eigenvalue weighted by Gasteiger charge is 2.06. The van der Waals surface area contributed by atoms with Crippen molar-refractivity contribution in [2.24, 2.45) is 0 Å². The Balaban J connectivity index is 2.94. The van der Waals surface area contributed by atoms with Crippen LogP contribution in [0.2, 0.25) is 0 Å². The van der Waals surface area contributed by atoms with E-state index < -0.39 is 0 Å². The van der Waals surface area contributed by atoms with Gasteiger partial charge in [0.25, 0.3) is 0 Å². The van der Waals surface area contributed by atoms with Crippen LogP contribution in [0.4, 0.5) is 5.95 Å². The van der Waals surface area contributed by atoms with Crippen LogP contribution < -0.4 is 5.73 Å². The van der Waals surface area contributed by atoms with Crippen molar-refractivity contribution in [3.63, 3.8) is 0 Å². The maximum absolute atomic E-state index is 10.7. The summed E-state index contributed by atoms with van der Waals surface area (Å²) in [5.41, 5.74) is 6.44. The highest BCUT2D eigenvalue weighted by molar-refractivity contribution is 9.10. The van der Waals surface area contributed by atoms with E-state index in [4.69, 9.17) is 5.73 Å². The van der Waals surface area contributed by atoms with Crippen LogP contribution in [0, 0.1) is 0 Å². The predicted octanol–water partition coefficient (Wildman–Crippen LogP) is 1.79. The van der Waals surface area contributed by atoms with Crippen molar-refractivity contribution in [3.8, 4) is 0 Å². The van der Waals surface area contributed by atoms with Gasteiger partial charge in [-0.2, -0.15) is 0 Å². The summed E-state index contributed by atoms with van der Waals surface area (Å²) < 4.78 is 0.798. The van der Waals surface area contributed by atoms with Crippen molar-refractivity contribution in [2.75, 3.05) is 5.73 Å². The van der Waals surface area contributed by atoms with Crippen molar-refractivity contribution in [2.45, 2.75) is 0 Å². The third kappa shape index (κ3) is 1.35. The first-order valence-electron chi connectivity index (χ1n) is 3.89. The van der Waals surface area contributed by atoms with E-state index in [1.807, 2.05) is 12.1 Å². The van der Waals surface area contributed by atoms with Gasteiger partial charge in [0.05, 0.1) is 5.52 Å². The molecule has 0 aliphatic carbocycles. The second-order valence-corrected chi connectivity index (χ2v) is 3.58. The molecule has 1 aromatic carbocycles. The predicted molar refractivity (Wildman–Crippen MR) is 57.0 cm³/mol. The first-order chi connectivity index (χ1) is 6.72. The number of hydrogen-bond donors (Lipinski definition) is 1. The van der Waals surface area contributed by atoms with Crippen LogP contribution in [0.15, 0.2) is 22.7 Å². The highest BCUT2D eigenvalue weighted by atomic mass is 79.9. The summed E-state index contributed by atoms with van der Waals surface area (Å²) in [6.45, 7) is 0. The minimum Gasteiger partial charge on any atom is -0.368 e. The molecule has 0 aliphatic heterocycles. The molecule has 0 fully saturated rings. The Morgan fingerprint density at radius 1 is 1.36 bits per heavy atom. The summed E-state index contributed by atoms with van der Waals surface area (Å²) in [6, 6.07) is 5.44. The summed E-state index contributed by atoms with van der Waals surface area (Å²) in [6.07, 6.45) is 0.673. The highest BCUT2D eigenvalue weighted by Crippen LogP contribution is 2.23. The van der Waals surface area contributed by atoms with Crippen LogP contribution in [0.5, 0.6) is 0 Å². The number of fused-ring (bicyclic) bond motifs is 1. The van der Waals surface area contributed by atoms with Crippen molar-refractivity contribution >= 4 is 39.1 Å². The van der Waals surface area contributed by atoms with Crippen LogP contribution >= 0.6 is 15.9 Å². The summed E-state index contributed by atoms with van der Waals surface area (Å²) in [7, 11) is 0. The average Bonchev–Trinajstić information content (AvgIpc) is 2.18. The Morgan fingerprint density at radius 3 is 2.86 bits per heavy atom. The zero-order chi connectivity index (χ0) is 10.1. The van der Waals surface area contributed by atoms with E-state index in [2.05, 4.69) is 25.9 Å². The van der Waals surface area contributed by atoms with Gasteiger partial charge in [-0.25, -0.2) is 9.97 Å². The molecule has 0 bridgehead atoms. The maximum atomic E-state index is 10.7. The molecular weight excluding hydrogens is 246 g/mol. The van der Waals surface area contributed by atoms with Gasteiger partial charge < -0.3 is 5.73 Å². The molecule has 0 spiro atoms. The molecule has 0 atom stereocenters. The largest absolute Gasteiger partial charge is 0.368 e. The van der Waals surface area contributed by atoms with E-state index in [0.29, 0.717) is 22.9 Å². The van der Waals surface area contributed by atoms with E-state index in [1.165, 1.54) is 0 Å². The lowest BCUT2D eigenvalue weighted by Crippen LogP contribution is -2.00. The second kappa shape index (κ2) is 3.34. The standard InChI is InChI=1S/C9H6BrN3O/c10-6-3-1-2-5-7(4-14)12-9(11)13-8(5)6/h1-4H,(H2,11,12,13). The second-order valence-electron chi connectivity index (χ2n) is 2.72.